The van der Waals surface area contributed by atoms with Crippen molar-refractivity contribution in [3.05, 3.63) is 42.1 Å². The van der Waals surface area contributed by atoms with Gasteiger partial charge >= 0.3 is 0 Å². The van der Waals surface area contributed by atoms with Crippen LogP contribution in [-0.4, -0.2) is 72.4 Å². The standard InChI is InChI=1S/C21H35N7O/c1-5-22-21(23-14-18(26(2)3)17-13-25-27(4)16-17)24-15-19(20-9-8-12-29-20)28-10-6-7-11-28/h8-9,12-13,16,18-19H,5-7,10-11,14-15H2,1-4H3,(H2,22,23,24). The molecule has 1 aliphatic rings. The summed E-state index contributed by atoms with van der Waals surface area (Å²) in [7, 11) is 6.12. The second kappa shape index (κ2) is 10.5. The molecule has 2 unspecified atom stereocenters. The minimum absolute atomic E-state index is 0.186. The molecular formula is C21H35N7O. The largest absolute Gasteiger partial charge is 0.468 e. The zero-order valence-electron chi connectivity index (χ0n) is 18.1. The molecule has 0 aliphatic carbocycles. The number of likely N-dealkylation sites (tertiary alicyclic amines) is 1. The molecule has 1 aliphatic heterocycles. The lowest BCUT2D eigenvalue weighted by Crippen LogP contribution is -2.42. The molecule has 1 fully saturated rings. The summed E-state index contributed by atoms with van der Waals surface area (Å²) in [5, 5.41) is 11.2. The van der Waals surface area contributed by atoms with Crippen LogP contribution in [0.2, 0.25) is 0 Å². The quantitative estimate of drug-likeness (QED) is 0.495. The molecule has 8 nitrogen and oxygen atoms in total. The number of guanidine groups is 1. The monoisotopic (exact) mass is 401 g/mol. The number of nitrogens with zero attached hydrogens (tertiary/aromatic N) is 5. The first kappa shape index (κ1) is 21.4. The number of furan rings is 1. The molecule has 2 aromatic heterocycles. The highest BCUT2D eigenvalue weighted by molar-refractivity contribution is 5.79. The average molecular weight is 402 g/mol. The number of aryl methyl sites for hydroxylation is 1. The smallest absolute Gasteiger partial charge is 0.191 e. The molecule has 29 heavy (non-hydrogen) atoms. The maximum absolute atomic E-state index is 5.72. The number of aromatic nitrogens is 2. The third-order valence-electron chi connectivity index (χ3n) is 5.42. The van der Waals surface area contributed by atoms with E-state index in [1.165, 1.54) is 18.4 Å². The van der Waals surface area contributed by atoms with Crippen LogP contribution in [0.25, 0.3) is 0 Å². The van der Waals surface area contributed by atoms with E-state index in [9.17, 15) is 0 Å². The summed E-state index contributed by atoms with van der Waals surface area (Å²) < 4.78 is 7.56. The predicted octanol–water partition coefficient (Wildman–Crippen LogP) is 2.01. The highest BCUT2D eigenvalue weighted by Gasteiger charge is 2.25. The number of hydrogen-bond acceptors (Lipinski definition) is 5. The lowest BCUT2D eigenvalue weighted by molar-refractivity contribution is 0.221. The van der Waals surface area contributed by atoms with Gasteiger partial charge in [0, 0.05) is 31.9 Å². The summed E-state index contributed by atoms with van der Waals surface area (Å²) in [4.78, 5) is 9.57. The van der Waals surface area contributed by atoms with Gasteiger partial charge in [0.15, 0.2) is 5.96 Å². The second-order valence-electron chi connectivity index (χ2n) is 7.80. The van der Waals surface area contributed by atoms with Crippen molar-refractivity contribution in [2.45, 2.75) is 31.8 Å². The third-order valence-corrected chi connectivity index (χ3v) is 5.42. The van der Waals surface area contributed by atoms with Crippen molar-refractivity contribution in [2.24, 2.45) is 12.0 Å². The predicted molar refractivity (Wildman–Crippen MR) is 116 cm³/mol. The van der Waals surface area contributed by atoms with Gasteiger partial charge in [0.05, 0.1) is 31.1 Å². The first-order chi connectivity index (χ1) is 14.1. The molecule has 3 rings (SSSR count). The third kappa shape index (κ3) is 5.83. The summed E-state index contributed by atoms with van der Waals surface area (Å²) in [6.45, 7) is 6.54. The Morgan fingerprint density at radius 1 is 1.31 bits per heavy atom. The van der Waals surface area contributed by atoms with Crippen molar-refractivity contribution in [2.75, 3.05) is 46.8 Å². The Morgan fingerprint density at radius 2 is 2.10 bits per heavy atom. The van der Waals surface area contributed by atoms with E-state index in [1.54, 1.807) is 6.26 Å². The van der Waals surface area contributed by atoms with Crippen LogP contribution in [0.5, 0.6) is 0 Å². The lowest BCUT2D eigenvalue weighted by Gasteiger charge is -2.26. The summed E-state index contributed by atoms with van der Waals surface area (Å²) in [6.07, 6.45) is 8.23. The maximum Gasteiger partial charge on any atom is 0.191 e. The molecule has 0 bridgehead atoms. The summed E-state index contributed by atoms with van der Waals surface area (Å²) in [5.74, 6) is 1.83. The zero-order chi connectivity index (χ0) is 20.6. The van der Waals surface area contributed by atoms with E-state index < -0.39 is 0 Å². The van der Waals surface area contributed by atoms with Gasteiger partial charge in [-0.2, -0.15) is 5.10 Å². The van der Waals surface area contributed by atoms with Crippen molar-refractivity contribution in [1.82, 2.24) is 30.2 Å². The van der Waals surface area contributed by atoms with E-state index in [2.05, 4.69) is 58.8 Å². The van der Waals surface area contributed by atoms with Crippen molar-refractivity contribution in [1.29, 1.82) is 0 Å². The summed E-state index contributed by atoms with van der Waals surface area (Å²) in [6, 6.07) is 4.42. The van der Waals surface area contributed by atoms with Gasteiger partial charge in [0.1, 0.15) is 5.76 Å². The average Bonchev–Trinajstić information content (AvgIpc) is 3.45. The number of nitrogens with one attached hydrogen (secondary N) is 2. The van der Waals surface area contributed by atoms with Crippen LogP contribution in [0.4, 0.5) is 0 Å². The van der Waals surface area contributed by atoms with Gasteiger partial charge in [-0.3, -0.25) is 14.6 Å². The van der Waals surface area contributed by atoms with Crippen LogP contribution >= 0.6 is 0 Å². The topological polar surface area (TPSA) is 73.9 Å². The van der Waals surface area contributed by atoms with Crippen LogP contribution in [0.1, 0.15) is 43.2 Å². The fourth-order valence-corrected chi connectivity index (χ4v) is 3.84. The van der Waals surface area contributed by atoms with Crippen molar-refractivity contribution < 1.29 is 4.42 Å². The van der Waals surface area contributed by atoms with Gasteiger partial charge in [-0.15, -0.1) is 0 Å². The van der Waals surface area contributed by atoms with Crippen LogP contribution in [0, 0.1) is 0 Å². The van der Waals surface area contributed by atoms with Crippen LogP contribution < -0.4 is 10.6 Å². The van der Waals surface area contributed by atoms with Crippen LogP contribution in [0.15, 0.2) is 40.2 Å². The Balaban J connectivity index is 1.67. The van der Waals surface area contributed by atoms with Gasteiger partial charge in [-0.1, -0.05) is 0 Å². The van der Waals surface area contributed by atoms with E-state index >= 15 is 0 Å². The molecule has 160 valence electrons. The molecule has 2 aromatic rings. The molecule has 0 saturated carbocycles. The highest BCUT2D eigenvalue weighted by Crippen LogP contribution is 2.25. The van der Waals surface area contributed by atoms with E-state index in [0.717, 1.165) is 37.9 Å². The fraction of sp³-hybridized carbons (Fsp3) is 0.619. The van der Waals surface area contributed by atoms with Gasteiger partial charge in [0.25, 0.3) is 0 Å². The van der Waals surface area contributed by atoms with Crippen molar-refractivity contribution in [3.8, 4) is 0 Å². The normalized spacial score (nSPS) is 17.6. The molecular weight excluding hydrogens is 366 g/mol. The molecule has 0 amide bonds. The number of likely N-dealkylation sites (N-methyl/N-ethyl adjacent to an activating group) is 1. The Kier molecular flexibility index (Phi) is 7.71. The fourth-order valence-electron chi connectivity index (χ4n) is 3.84. The van der Waals surface area contributed by atoms with Crippen molar-refractivity contribution >= 4 is 5.96 Å². The summed E-state index contributed by atoms with van der Waals surface area (Å²) in [5.41, 5.74) is 1.19. The Bertz CT molecular complexity index is 747. The SMILES string of the molecule is CCNC(=NCC(c1ccco1)N1CCCC1)NCC(c1cnn(C)c1)N(C)C. The number of hydrogen-bond donors (Lipinski definition) is 2. The number of rotatable bonds is 9. The van der Waals surface area contributed by atoms with E-state index in [4.69, 9.17) is 9.41 Å². The summed E-state index contributed by atoms with van der Waals surface area (Å²) >= 11 is 0. The molecule has 0 aromatic carbocycles. The molecule has 3 heterocycles. The Morgan fingerprint density at radius 3 is 2.69 bits per heavy atom. The molecule has 0 spiro atoms. The number of aliphatic imine (C=N–C) groups is 1. The first-order valence-corrected chi connectivity index (χ1v) is 10.5. The van der Waals surface area contributed by atoms with E-state index in [1.807, 2.05) is 24.0 Å². The van der Waals surface area contributed by atoms with Gasteiger partial charge in [0.2, 0.25) is 0 Å². The molecule has 0 radical (unpaired) electrons. The molecule has 2 N–H and O–H groups in total. The van der Waals surface area contributed by atoms with Crippen molar-refractivity contribution in [3.63, 3.8) is 0 Å². The van der Waals surface area contributed by atoms with E-state index in [0.29, 0.717) is 6.54 Å². The van der Waals surface area contributed by atoms with Gasteiger partial charge in [-0.25, -0.2) is 0 Å². The van der Waals surface area contributed by atoms with Crippen LogP contribution in [0.3, 0.4) is 0 Å². The zero-order valence-corrected chi connectivity index (χ0v) is 18.1. The first-order valence-electron chi connectivity index (χ1n) is 10.5. The Labute approximate surface area is 174 Å². The molecule has 1 saturated heterocycles. The second-order valence-corrected chi connectivity index (χ2v) is 7.80. The molecule has 2 atom stereocenters. The van der Waals surface area contributed by atoms with Gasteiger partial charge in [-0.05, 0) is 59.1 Å². The minimum Gasteiger partial charge on any atom is -0.468 e. The van der Waals surface area contributed by atoms with Gasteiger partial charge < -0.3 is 20.0 Å². The maximum atomic E-state index is 5.72. The van der Waals surface area contributed by atoms with E-state index in [-0.39, 0.29) is 12.1 Å². The van der Waals surface area contributed by atoms with Crippen LogP contribution in [-0.2, 0) is 7.05 Å². The molecule has 8 heteroatoms. The Hall–Kier alpha value is -2.32. The minimum atomic E-state index is 0.186. The highest BCUT2D eigenvalue weighted by atomic mass is 16.3. The lowest BCUT2D eigenvalue weighted by atomic mass is 10.1.